The van der Waals surface area contributed by atoms with Crippen molar-refractivity contribution in [3.8, 4) is 0 Å². The third-order valence-corrected chi connectivity index (χ3v) is 2.83. The van der Waals surface area contributed by atoms with E-state index in [1.807, 2.05) is 18.2 Å². The summed E-state index contributed by atoms with van der Waals surface area (Å²) in [5.74, 6) is 0. The molecule has 0 unspecified atom stereocenters. The molecule has 0 radical (unpaired) electrons. The molecular formula is C13H19NO. The van der Waals surface area contributed by atoms with E-state index in [1.54, 1.807) is 0 Å². The number of aliphatic hydroxyl groups excluding tert-OH is 1. The second-order valence-electron chi connectivity index (χ2n) is 4.36. The van der Waals surface area contributed by atoms with Crippen molar-refractivity contribution in [2.75, 3.05) is 6.54 Å². The molecule has 0 amide bonds. The SMILES string of the molecule is O[C@@H](CCc1ccccc1)CNC1CC1. The second-order valence-corrected chi connectivity index (χ2v) is 4.36. The van der Waals surface area contributed by atoms with Gasteiger partial charge < -0.3 is 10.4 Å². The van der Waals surface area contributed by atoms with E-state index in [9.17, 15) is 5.11 Å². The fourth-order valence-corrected chi connectivity index (χ4v) is 1.67. The average molecular weight is 205 g/mol. The molecule has 2 nitrogen and oxygen atoms in total. The Balaban J connectivity index is 1.63. The van der Waals surface area contributed by atoms with Gasteiger partial charge in [0, 0.05) is 12.6 Å². The van der Waals surface area contributed by atoms with Crippen molar-refractivity contribution in [3.63, 3.8) is 0 Å². The van der Waals surface area contributed by atoms with Crippen LogP contribution in [-0.2, 0) is 6.42 Å². The van der Waals surface area contributed by atoms with E-state index >= 15 is 0 Å². The van der Waals surface area contributed by atoms with Crippen LogP contribution in [0.3, 0.4) is 0 Å². The normalized spacial score (nSPS) is 17.7. The molecule has 1 saturated carbocycles. The lowest BCUT2D eigenvalue weighted by Crippen LogP contribution is -2.28. The average Bonchev–Trinajstić information content (AvgIpc) is 3.09. The van der Waals surface area contributed by atoms with Crippen LogP contribution in [0, 0.1) is 0 Å². The fourth-order valence-electron chi connectivity index (χ4n) is 1.67. The lowest BCUT2D eigenvalue weighted by atomic mass is 10.1. The summed E-state index contributed by atoms with van der Waals surface area (Å²) in [5.41, 5.74) is 1.31. The first kappa shape index (κ1) is 10.7. The Hall–Kier alpha value is -0.860. The molecule has 0 heterocycles. The van der Waals surface area contributed by atoms with Gasteiger partial charge >= 0.3 is 0 Å². The van der Waals surface area contributed by atoms with E-state index in [0.717, 1.165) is 19.4 Å². The van der Waals surface area contributed by atoms with Crippen LogP contribution < -0.4 is 5.32 Å². The maximum absolute atomic E-state index is 9.72. The smallest absolute Gasteiger partial charge is 0.0667 e. The number of hydrogen-bond acceptors (Lipinski definition) is 2. The van der Waals surface area contributed by atoms with Crippen molar-refractivity contribution in [1.82, 2.24) is 5.32 Å². The minimum Gasteiger partial charge on any atom is -0.392 e. The summed E-state index contributed by atoms with van der Waals surface area (Å²) in [4.78, 5) is 0. The highest BCUT2D eigenvalue weighted by Crippen LogP contribution is 2.18. The molecule has 0 bridgehead atoms. The number of rotatable bonds is 6. The summed E-state index contributed by atoms with van der Waals surface area (Å²) in [6.07, 6.45) is 4.18. The Morgan fingerprint density at radius 1 is 1.27 bits per heavy atom. The molecule has 1 aromatic carbocycles. The zero-order valence-electron chi connectivity index (χ0n) is 9.02. The molecule has 1 atom stereocenters. The predicted molar refractivity (Wildman–Crippen MR) is 61.8 cm³/mol. The lowest BCUT2D eigenvalue weighted by molar-refractivity contribution is 0.161. The molecule has 2 N–H and O–H groups in total. The largest absolute Gasteiger partial charge is 0.392 e. The van der Waals surface area contributed by atoms with Crippen molar-refractivity contribution in [2.24, 2.45) is 0 Å². The molecule has 1 fully saturated rings. The van der Waals surface area contributed by atoms with Gasteiger partial charge in [0.05, 0.1) is 6.10 Å². The molecule has 0 saturated heterocycles. The van der Waals surface area contributed by atoms with Gasteiger partial charge in [0.25, 0.3) is 0 Å². The predicted octanol–water partition coefficient (Wildman–Crippen LogP) is 1.73. The van der Waals surface area contributed by atoms with Crippen LogP contribution in [0.15, 0.2) is 30.3 Å². The van der Waals surface area contributed by atoms with Gasteiger partial charge in [0.2, 0.25) is 0 Å². The number of aryl methyl sites for hydroxylation is 1. The van der Waals surface area contributed by atoms with Crippen molar-refractivity contribution in [2.45, 2.75) is 37.8 Å². The van der Waals surface area contributed by atoms with Crippen LogP contribution in [0.5, 0.6) is 0 Å². The van der Waals surface area contributed by atoms with E-state index in [1.165, 1.54) is 18.4 Å². The molecule has 2 rings (SSSR count). The number of nitrogens with one attached hydrogen (secondary N) is 1. The van der Waals surface area contributed by atoms with E-state index in [0.29, 0.717) is 6.04 Å². The van der Waals surface area contributed by atoms with Crippen LogP contribution in [0.1, 0.15) is 24.8 Å². The fraction of sp³-hybridized carbons (Fsp3) is 0.538. The number of hydrogen-bond donors (Lipinski definition) is 2. The van der Waals surface area contributed by atoms with Gasteiger partial charge in [-0.3, -0.25) is 0 Å². The third kappa shape index (κ3) is 4.02. The molecule has 1 aliphatic carbocycles. The molecule has 1 aromatic rings. The third-order valence-electron chi connectivity index (χ3n) is 2.83. The van der Waals surface area contributed by atoms with Crippen LogP contribution in [0.25, 0.3) is 0 Å². The highest BCUT2D eigenvalue weighted by atomic mass is 16.3. The van der Waals surface area contributed by atoms with Crippen LogP contribution in [0.2, 0.25) is 0 Å². The summed E-state index contributed by atoms with van der Waals surface area (Å²) in [5, 5.41) is 13.1. The van der Waals surface area contributed by atoms with Crippen molar-refractivity contribution < 1.29 is 5.11 Å². The number of benzene rings is 1. The molecule has 1 aliphatic rings. The topological polar surface area (TPSA) is 32.3 Å². The summed E-state index contributed by atoms with van der Waals surface area (Å²) >= 11 is 0. The minimum atomic E-state index is -0.203. The molecule has 0 aromatic heterocycles. The zero-order chi connectivity index (χ0) is 10.5. The zero-order valence-corrected chi connectivity index (χ0v) is 9.02. The van der Waals surface area contributed by atoms with Crippen LogP contribution in [0.4, 0.5) is 0 Å². The quantitative estimate of drug-likeness (QED) is 0.741. The Labute approximate surface area is 91.3 Å². The summed E-state index contributed by atoms with van der Waals surface area (Å²) in [7, 11) is 0. The first-order chi connectivity index (χ1) is 7.34. The lowest BCUT2D eigenvalue weighted by Gasteiger charge is -2.11. The molecule has 82 valence electrons. The Morgan fingerprint density at radius 2 is 2.00 bits per heavy atom. The van der Waals surface area contributed by atoms with Gasteiger partial charge in [-0.2, -0.15) is 0 Å². The maximum Gasteiger partial charge on any atom is 0.0667 e. The van der Waals surface area contributed by atoms with Crippen molar-refractivity contribution >= 4 is 0 Å². The first-order valence-corrected chi connectivity index (χ1v) is 5.80. The van der Waals surface area contributed by atoms with Crippen LogP contribution >= 0.6 is 0 Å². The van der Waals surface area contributed by atoms with E-state index in [2.05, 4.69) is 17.4 Å². The Morgan fingerprint density at radius 3 is 2.67 bits per heavy atom. The van der Waals surface area contributed by atoms with E-state index in [4.69, 9.17) is 0 Å². The first-order valence-electron chi connectivity index (χ1n) is 5.80. The molecular weight excluding hydrogens is 186 g/mol. The maximum atomic E-state index is 9.72. The van der Waals surface area contributed by atoms with E-state index < -0.39 is 0 Å². The van der Waals surface area contributed by atoms with E-state index in [-0.39, 0.29) is 6.10 Å². The highest BCUT2D eigenvalue weighted by Gasteiger charge is 2.21. The van der Waals surface area contributed by atoms with Crippen molar-refractivity contribution in [1.29, 1.82) is 0 Å². The Bertz CT molecular complexity index is 282. The monoisotopic (exact) mass is 205 g/mol. The number of aliphatic hydroxyl groups is 1. The standard InChI is InChI=1S/C13H19NO/c15-13(10-14-12-7-8-12)9-6-11-4-2-1-3-5-11/h1-5,12-15H,6-10H2/t13-/m0/s1. The van der Waals surface area contributed by atoms with Gasteiger partial charge in [-0.25, -0.2) is 0 Å². The van der Waals surface area contributed by atoms with Crippen molar-refractivity contribution in [3.05, 3.63) is 35.9 Å². The molecule has 2 heteroatoms. The second kappa shape index (κ2) is 5.29. The minimum absolute atomic E-state index is 0.203. The van der Waals surface area contributed by atoms with Gasteiger partial charge in [0.15, 0.2) is 0 Å². The van der Waals surface area contributed by atoms with Gasteiger partial charge in [-0.1, -0.05) is 30.3 Å². The summed E-state index contributed by atoms with van der Waals surface area (Å²) in [6, 6.07) is 11.0. The van der Waals surface area contributed by atoms with Crippen LogP contribution in [-0.4, -0.2) is 23.8 Å². The summed E-state index contributed by atoms with van der Waals surface area (Å²) < 4.78 is 0. The molecule has 0 spiro atoms. The van der Waals surface area contributed by atoms with Gasteiger partial charge in [-0.15, -0.1) is 0 Å². The van der Waals surface area contributed by atoms with Gasteiger partial charge in [-0.05, 0) is 31.2 Å². The van der Waals surface area contributed by atoms with Gasteiger partial charge in [0.1, 0.15) is 0 Å². The molecule has 0 aliphatic heterocycles. The summed E-state index contributed by atoms with van der Waals surface area (Å²) in [6.45, 7) is 0.748. The highest BCUT2D eigenvalue weighted by molar-refractivity contribution is 5.14. The Kier molecular flexibility index (Phi) is 3.75. The molecule has 15 heavy (non-hydrogen) atoms.